The van der Waals surface area contributed by atoms with Crippen LogP contribution in [0.3, 0.4) is 0 Å². The van der Waals surface area contributed by atoms with Crippen molar-refractivity contribution in [3.63, 3.8) is 0 Å². The molecule has 2 N–H and O–H groups in total. The Labute approximate surface area is 215 Å². The zero-order valence-corrected chi connectivity index (χ0v) is 21.0. The van der Waals surface area contributed by atoms with E-state index in [2.05, 4.69) is 28.4 Å². The second-order valence-electron chi connectivity index (χ2n) is 9.76. The third kappa shape index (κ3) is 4.44. The van der Waals surface area contributed by atoms with Gasteiger partial charge in [-0.2, -0.15) is 0 Å². The normalized spacial score (nSPS) is 20.1. The van der Waals surface area contributed by atoms with Crippen LogP contribution in [-0.2, 0) is 9.53 Å². The smallest absolute Gasteiger partial charge is 0.304 e. The van der Waals surface area contributed by atoms with Crippen LogP contribution in [0.5, 0.6) is 11.5 Å². The number of carboxylic acids is 1. The van der Waals surface area contributed by atoms with Gasteiger partial charge in [-0.15, -0.1) is 0 Å². The fourth-order valence-electron chi connectivity index (χ4n) is 5.50. The SMILES string of the molecule is Cc1nc(N2CCOCC2)nc(C)c1-c1cccc2c1OC[C@H]2Nc1ccc2c(c1)OC[C@H]2CC(=O)O. The van der Waals surface area contributed by atoms with Crippen LogP contribution in [0.2, 0.25) is 0 Å². The van der Waals surface area contributed by atoms with Crippen LogP contribution in [0, 0.1) is 13.8 Å². The number of benzene rings is 2. The number of aryl methyl sites for hydroxylation is 2. The molecule has 2 atom stereocenters. The second kappa shape index (κ2) is 9.55. The van der Waals surface area contributed by atoms with Crippen molar-refractivity contribution in [2.75, 3.05) is 49.7 Å². The first-order valence-corrected chi connectivity index (χ1v) is 12.7. The average Bonchev–Trinajstić information content (AvgIpc) is 3.48. The van der Waals surface area contributed by atoms with E-state index in [-0.39, 0.29) is 18.4 Å². The van der Waals surface area contributed by atoms with Crippen LogP contribution in [0.25, 0.3) is 11.1 Å². The van der Waals surface area contributed by atoms with E-state index in [1.807, 2.05) is 32.0 Å². The molecule has 0 saturated carbocycles. The van der Waals surface area contributed by atoms with Crippen molar-refractivity contribution in [3.8, 4) is 22.6 Å². The molecule has 0 bridgehead atoms. The third-order valence-electron chi connectivity index (χ3n) is 7.29. The summed E-state index contributed by atoms with van der Waals surface area (Å²) in [6.45, 7) is 7.92. The fraction of sp³-hybridized carbons (Fsp3) is 0.393. The highest BCUT2D eigenvalue weighted by Gasteiger charge is 2.30. The topological polar surface area (TPSA) is 106 Å². The molecule has 192 valence electrons. The van der Waals surface area contributed by atoms with E-state index in [4.69, 9.17) is 29.3 Å². The Bertz CT molecular complexity index is 1330. The first-order chi connectivity index (χ1) is 18.0. The van der Waals surface area contributed by atoms with E-state index in [9.17, 15) is 4.79 Å². The standard InChI is InChI=1S/C28H30N4O5/c1-16-26(17(2)30-28(29-16)32-8-10-35-11-9-32)22-5-3-4-21-23(15-37-27(21)22)31-19-6-7-20-18(12-25(33)34)14-36-24(20)13-19/h3-7,13,18,23,31H,8-12,14-15H2,1-2H3,(H,33,34)/t18-,23-/m1/s1. The van der Waals surface area contributed by atoms with Crippen molar-refractivity contribution in [3.05, 3.63) is 58.9 Å². The van der Waals surface area contributed by atoms with Crippen molar-refractivity contribution >= 4 is 17.6 Å². The van der Waals surface area contributed by atoms with Crippen LogP contribution >= 0.6 is 0 Å². The third-order valence-corrected chi connectivity index (χ3v) is 7.29. The zero-order valence-electron chi connectivity index (χ0n) is 21.0. The lowest BCUT2D eigenvalue weighted by atomic mass is 9.96. The molecule has 2 aromatic carbocycles. The van der Waals surface area contributed by atoms with E-state index in [1.165, 1.54) is 0 Å². The number of nitrogens with one attached hydrogen (secondary N) is 1. The second-order valence-corrected chi connectivity index (χ2v) is 9.76. The Morgan fingerprint density at radius 1 is 1.05 bits per heavy atom. The highest BCUT2D eigenvalue weighted by molar-refractivity contribution is 5.77. The molecule has 3 aliphatic heterocycles. The average molecular weight is 503 g/mol. The van der Waals surface area contributed by atoms with Crippen molar-refractivity contribution in [1.82, 2.24) is 9.97 Å². The molecule has 9 heteroatoms. The Balaban J connectivity index is 1.25. The Morgan fingerprint density at radius 3 is 2.59 bits per heavy atom. The Hall–Kier alpha value is -3.85. The van der Waals surface area contributed by atoms with Crippen LogP contribution < -0.4 is 19.7 Å². The number of aromatic nitrogens is 2. The number of para-hydroxylation sites is 1. The van der Waals surface area contributed by atoms with Gasteiger partial charge in [0.05, 0.1) is 43.7 Å². The number of carbonyl (C=O) groups is 1. The van der Waals surface area contributed by atoms with Gasteiger partial charge in [0.2, 0.25) is 5.95 Å². The number of hydrogen-bond donors (Lipinski definition) is 2. The molecule has 1 aromatic heterocycles. The molecule has 9 nitrogen and oxygen atoms in total. The highest BCUT2D eigenvalue weighted by atomic mass is 16.5. The van der Waals surface area contributed by atoms with Gasteiger partial charge in [-0.25, -0.2) is 9.97 Å². The van der Waals surface area contributed by atoms with Crippen LogP contribution in [0.1, 0.15) is 40.9 Å². The molecule has 3 aliphatic rings. The van der Waals surface area contributed by atoms with E-state index in [0.29, 0.717) is 26.4 Å². The summed E-state index contributed by atoms with van der Waals surface area (Å²) in [6, 6.07) is 12.1. The summed E-state index contributed by atoms with van der Waals surface area (Å²) in [7, 11) is 0. The molecular formula is C28H30N4O5. The van der Waals surface area contributed by atoms with Crippen LogP contribution in [-0.4, -0.2) is 60.6 Å². The number of hydrogen-bond acceptors (Lipinski definition) is 8. The molecule has 4 heterocycles. The zero-order chi connectivity index (χ0) is 25.5. The Morgan fingerprint density at radius 2 is 1.84 bits per heavy atom. The van der Waals surface area contributed by atoms with E-state index >= 15 is 0 Å². The maximum absolute atomic E-state index is 11.1. The van der Waals surface area contributed by atoms with Crippen molar-refractivity contribution in [1.29, 1.82) is 0 Å². The molecule has 0 aliphatic carbocycles. The lowest BCUT2D eigenvalue weighted by molar-refractivity contribution is -0.137. The number of anilines is 2. The molecule has 3 aromatic rings. The summed E-state index contributed by atoms with van der Waals surface area (Å²) in [4.78, 5) is 23.0. The molecule has 1 fully saturated rings. The minimum atomic E-state index is -0.814. The number of ether oxygens (including phenoxy) is 3. The first-order valence-electron chi connectivity index (χ1n) is 12.7. The van der Waals surface area contributed by atoms with Gasteiger partial charge in [0.1, 0.15) is 18.1 Å². The highest BCUT2D eigenvalue weighted by Crippen LogP contribution is 2.44. The summed E-state index contributed by atoms with van der Waals surface area (Å²) < 4.78 is 17.5. The van der Waals surface area contributed by atoms with Gasteiger partial charge in [0.25, 0.3) is 0 Å². The number of carboxylic acid groups (broad SMARTS) is 1. The maximum Gasteiger partial charge on any atom is 0.304 e. The number of morpholine rings is 1. The number of fused-ring (bicyclic) bond motifs is 2. The van der Waals surface area contributed by atoms with Gasteiger partial charge >= 0.3 is 5.97 Å². The van der Waals surface area contributed by atoms with Crippen molar-refractivity contribution in [2.45, 2.75) is 32.2 Å². The largest absolute Gasteiger partial charge is 0.493 e. The number of rotatable bonds is 6. The van der Waals surface area contributed by atoms with E-state index in [0.717, 1.165) is 69.9 Å². The summed E-state index contributed by atoms with van der Waals surface area (Å²) in [5.74, 6) is 1.43. The summed E-state index contributed by atoms with van der Waals surface area (Å²) in [5.41, 5.74) is 6.79. The molecule has 0 radical (unpaired) electrons. The lowest BCUT2D eigenvalue weighted by Gasteiger charge is -2.27. The fourth-order valence-corrected chi connectivity index (χ4v) is 5.50. The Kier molecular flexibility index (Phi) is 6.08. The first kappa shape index (κ1) is 23.5. The van der Waals surface area contributed by atoms with Gasteiger partial charge in [-0.1, -0.05) is 24.3 Å². The number of nitrogens with zero attached hydrogens (tertiary/aromatic N) is 3. The summed E-state index contributed by atoms with van der Waals surface area (Å²) in [5, 5.41) is 12.7. The summed E-state index contributed by atoms with van der Waals surface area (Å²) in [6.07, 6.45) is 0.0718. The van der Waals surface area contributed by atoms with Crippen LogP contribution in [0.4, 0.5) is 11.6 Å². The van der Waals surface area contributed by atoms with Gasteiger partial charge < -0.3 is 29.5 Å². The molecule has 0 amide bonds. The molecule has 0 spiro atoms. The van der Waals surface area contributed by atoms with E-state index in [1.54, 1.807) is 0 Å². The molecule has 0 unspecified atom stereocenters. The van der Waals surface area contributed by atoms with E-state index < -0.39 is 5.97 Å². The summed E-state index contributed by atoms with van der Waals surface area (Å²) >= 11 is 0. The van der Waals surface area contributed by atoms with Crippen LogP contribution in [0.15, 0.2) is 36.4 Å². The van der Waals surface area contributed by atoms with Gasteiger partial charge in [-0.05, 0) is 19.9 Å². The van der Waals surface area contributed by atoms with Gasteiger partial charge in [0, 0.05) is 53.0 Å². The van der Waals surface area contributed by atoms with Gasteiger partial charge in [0.15, 0.2) is 0 Å². The van der Waals surface area contributed by atoms with Gasteiger partial charge in [-0.3, -0.25) is 4.79 Å². The molecule has 6 rings (SSSR count). The number of aliphatic carboxylic acids is 1. The van der Waals surface area contributed by atoms with Crippen molar-refractivity contribution < 1.29 is 24.1 Å². The minimum Gasteiger partial charge on any atom is -0.493 e. The minimum absolute atomic E-state index is 0.0293. The molecule has 1 saturated heterocycles. The quantitative estimate of drug-likeness (QED) is 0.515. The monoisotopic (exact) mass is 502 g/mol. The lowest BCUT2D eigenvalue weighted by Crippen LogP contribution is -2.37. The predicted molar refractivity (Wildman–Crippen MR) is 139 cm³/mol. The molecular weight excluding hydrogens is 472 g/mol. The predicted octanol–water partition coefficient (Wildman–Crippen LogP) is 4.09. The van der Waals surface area contributed by atoms with Crippen molar-refractivity contribution in [2.24, 2.45) is 0 Å². The maximum atomic E-state index is 11.1. The molecule has 37 heavy (non-hydrogen) atoms.